The predicted molar refractivity (Wildman–Crippen MR) is 62.2 cm³/mol. The van der Waals surface area contributed by atoms with E-state index >= 15 is 0 Å². The van der Waals surface area contributed by atoms with Gasteiger partial charge in [0.05, 0.1) is 6.04 Å². The summed E-state index contributed by atoms with van der Waals surface area (Å²) in [5, 5.41) is 0. The average molecular weight is 203 g/mol. The number of benzene rings is 1. The van der Waals surface area contributed by atoms with E-state index in [0.29, 0.717) is 6.61 Å². The lowest BCUT2D eigenvalue weighted by Crippen LogP contribution is -2.25. The number of rotatable bonds is 1. The molecular formula is C13H17NO. The van der Waals surface area contributed by atoms with Crippen LogP contribution in [-0.4, -0.2) is 18.5 Å². The minimum absolute atomic E-state index is 0.177. The van der Waals surface area contributed by atoms with Crippen molar-refractivity contribution in [3.05, 3.63) is 35.9 Å². The fourth-order valence-corrected chi connectivity index (χ4v) is 1.56. The average Bonchev–Trinajstić information content (AvgIpc) is 2.67. The number of aliphatic imine (C=N–C) groups is 1. The monoisotopic (exact) mass is 203 g/mol. The van der Waals surface area contributed by atoms with Crippen molar-refractivity contribution >= 4 is 5.90 Å². The number of hydrogen-bond acceptors (Lipinski definition) is 2. The van der Waals surface area contributed by atoms with Crippen molar-refractivity contribution in [1.29, 1.82) is 0 Å². The summed E-state index contributed by atoms with van der Waals surface area (Å²) in [6.45, 7) is 7.28. The first-order valence-electron chi connectivity index (χ1n) is 5.33. The zero-order valence-corrected chi connectivity index (χ0v) is 9.53. The van der Waals surface area contributed by atoms with Gasteiger partial charge in [0.2, 0.25) is 5.90 Å². The highest BCUT2D eigenvalue weighted by molar-refractivity contribution is 5.95. The van der Waals surface area contributed by atoms with Crippen LogP contribution in [-0.2, 0) is 4.74 Å². The zero-order chi connectivity index (χ0) is 10.9. The van der Waals surface area contributed by atoms with Crippen LogP contribution in [0.2, 0.25) is 0 Å². The molecule has 0 amide bonds. The molecule has 1 aromatic carbocycles. The molecule has 2 heteroatoms. The maximum absolute atomic E-state index is 5.63. The van der Waals surface area contributed by atoms with Crippen LogP contribution in [0.3, 0.4) is 0 Å². The molecule has 1 aliphatic heterocycles. The molecule has 0 aliphatic carbocycles. The first-order chi connectivity index (χ1) is 7.07. The quantitative estimate of drug-likeness (QED) is 0.687. The van der Waals surface area contributed by atoms with Gasteiger partial charge in [0.25, 0.3) is 0 Å². The molecule has 0 unspecified atom stereocenters. The van der Waals surface area contributed by atoms with Crippen LogP contribution in [0.25, 0.3) is 0 Å². The largest absolute Gasteiger partial charge is 0.475 e. The summed E-state index contributed by atoms with van der Waals surface area (Å²) in [7, 11) is 0. The molecule has 0 aromatic heterocycles. The van der Waals surface area contributed by atoms with Crippen molar-refractivity contribution in [3.8, 4) is 0 Å². The lowest BCUT2D eigenvalue weighted by molar-refractivity contribution is 0.236. The third kappa shape index (κ3) is 2.20. The van der Waals surface area contributed by atoms with Crippen LogP contribution in [0.1, 0.15) is 26.3 Å². The minimum atomic E-state index is 0.177. The van der Waals surface area contributed by atoms with Gasteiger partial charge < -0.3 is 4.74 Å². The SMILES string of the molecule is CC(C)(C)[C@H]1COC(c2ccccc2)=N1. The van der Waals surface area contributed by atoms with Crippen molar-refractivity contribution in [2.75, 3.05) is 6.61 Å². The third-order valence-corrected chi connectivity index (χ3v) is 2.67. The van der Waals surface area contributed by atoms with Gasteiger partial charge >= 0.3 is 0 Å². The van der Waals surface area contributed by atoms with E-state index in [1.54, 1.807) is 0 Å². The number of ether oxygens (including phenoxy) is 1. The highest BCUT2D eigenvalue weighted by atomic mass is 16.5. The second-order valence-electron chi connectivity index (χ2n) is 4.99. The lowest BCUT2D eigenvalue weighted by Gasteiger charge is -2.21. The van der Waals surface area contributed by atoms with Crippen LogP contribution >= 0.6 is 0 Å². The lowest BCUT2D eigenvalue weighted by atomic mass is 9.88. The van der Waals surface area contributed by atoms with Gasteiger partial charge in [-0.15, -0.1) is 0 Å². The van der Waals surface area contributed by atoms with E-state index in [1.165, 1.54) is 0 Å². The van der Waals surface area contributed by atoms with Gasteiger partial charge in [-0.3, -0.25) is 0 Å². The Morgan fingerprint density at radius 2 is 1.87 bits per heavy atom. The van der Waals surface area contributed by atoms with Gasteiger partial charge in [-0.25, -0.2) is 4.99 Å². The Morgan fingerprint density at radius 3 is 2.40 bits per heavy atom. The third-order valence-electron chi connectivity index (χ3n) is 2.67. The van der Waals surface area contributed by atoms with E-state index in [4.69, 9.17) is 4.74 Å². The first-order valence-corrected chi connectivity index (χ1v) is 5.33. The molecule has 15 heavy (non-hydrogen) atoms. The van der Waals surface area contributed by atoms with Crippen molar-refractivity contribution in [2.24, 2.45) is 10.4 Å². The van der Waals surface area contributed by atoms with E-state index in [1.807, 2.05) is 30.3 Å². The summed E-state index contributed by atoms with van der Waals surface area (Å²) in [5.74, 6) is 0.788. The maximum atomic E-state index is 5.63. The second kappa shape index (κ2) is 3.69. The molecule has 1 heterocycles. The Bertz CT molecular complexity index is 362. The number of nitrogens with zero attached hydrogens (tertiary/aromatic N) is 1. The number of hydrogen-bond donors (Lipinski definition) is 0. The summed E-state index contributed by atoms with van der Waals surface area (Å²) >= 11 is 0. The van der Waals surface area contributed by atoms with Crippen LogP contribution in [0.4, 0.5) is 0 Å². The second-order valence-corrected chi connectivity index (χ2v) is 4.99. The standard InChI is InChI=1S/C13H17NO/c1-13(2,3)11-9-15-12(14-11)10-7-5-4-6-8-10/h4-8,11H,9H2,1-3H3/t11-/m1/s1. The van der Waals surface area contributed by atoms with Gasteiger partial charge in [0.1, 0.15) is 6.61 Å². The Morgan fingerprint density at radius 1 is 1.20 bits per heavy atom. The molecule has 0 radical (unpaired) electrons. The fraction of sp³-hybridized carbons (Fsp3) is 0.462. The molecule has 0 spiro atoms. The molecular weight excluding hydrogens is 186 g/mol. The van der Waals surface area contributed by atoms with Crippen molar-refractivity contribution in [3.63, 3.8) is 0 Å². The van der Waals surface area contributed by atoms with Gasteiger partial charge in [0, 0.05) is 5.56 Å². The molecule has 2 rings (SSSR count). The normalized spacial score (nSPS) is 21.0. The van der Waals surface area contributed by atoms with E-state index in [0.717, 1.165) is 11.5 Å². The van der Waals surface area contributed by atoms with Crippen molar-refractivity contribution in [1.82, 2.24) is 0 Å². The van der Waals surface area contributed by atoms with E-state index in [9.17, 15) is 0 Å². The minimum Gasteiger partial charge on any atom is -0.475 e. The van der Waals surface area contributed by atoms with E-state index in [2.05, 4.69) is 25.8 Å². The van der Waals surface area contributed by atoms with Crippen molar-refractivity contribution < 1.29 is 4.74 Å². The van der Waals surface area contributed by atoms with Gasteiger partial charge in [0.15, 0.2) is 0 Å². The van der Waals surface area contributed by atoms with E-state index in [-0.39, 0.29) is 11.5 Å². The highest BCUT2D eigenvalue weighted by Gasteiger charge is 2.30. The molecule has 1 atom stereocenters. The molecule has 2 nitrogen and oxygen atoms in total. The van der Waals surface area contributed by atoms with Crippen molar-refractivity contribution in [2.45, 2.75) is 26.8 Å². The summed E-state index contributed by atoms with van der Waals surface area (Å²) < 4.78 is 5.63. The van der Waals surface area contributed by atoms with E-state index < -0.39 is 0 Å². The first kappa shape index (κ1) is 10.2. The maximum Gasteiger partial charge on any atom is 0.216 e. The van der Waals surface area contributed by atoms with Gasteiger partial charge in [-0.05, 0) is 17.5 Å². The van der Waals surface area contributed by atoms with Crippen LogP contribution in [0, 0.1) is 5.41 Å². The predicted octanol–water partition coefficient (Wildman–Crippen LogP) is 2.88. The van der Waals surface area contributed by atoms with Gasteiger partial charge in [-0.1, -0.05) is 39.0 Å². The summed E-state index contributed by atoms with van der Waals surface area (Å²) in [4.78, 5) is 4.62. The topological polar surface area (TPSA) is 21.6 Å². The molecule has 1 aromatic rings. The van der Waals surface area contributed by atoms with Crippen LogP contribution < -0.4 is 0 Å². The Kier molecular flexibility index (Phi) is 2.51. The summed E-state index contributed by atoms with van der Waals surface area (Å²) in [6.07, 6.45) is 0. The Hall–Kier alpha value is -1.31. The van der Waals surface area contributed by atoms with Crippen LogP contribution in [0.15, 0.2) is 35.3 Å². The highest BCUT2D eigenvalue weighted by Crippen LogP contribution is 2.27. The molecule has 0 bridgehead atoms. The van der Waals surface area contributed by atoms with Gasteiger partial charge in [-0.2, -0.15) is 0 Å². The smallest absolute Gasteiger partial charge is 0.216 e. The zero-order valence-electron chi connectivity index (χ0n) is 9.53. The molecule has 0 saturated heterocycles. The Labute approximate surface area is 91.0 Å². The fourth-order valence-electron chi connectivity index (χ4n) is 1.56. The molecule has 0 fully saturated rings. The Balaban J connectivity index is 2.21. The van der Waals surface area contributed by atoms with Crippen LogP contribution in [0.5, 0.6) is 0 Å². The molecule has 0 saturated carbocycles. The molecule has 80 valence electrons. The molecule has 0 N–H and O–H groups in total. The summed E-state index contributed by atoms with van der Waals surface area (Å²) in [5.41, 5.74) is 1.25. The molecule has 1 aliphatic rings. The summed E-state index contributed by atoms with van der Waals surface area (Å²) in [6, 6.07) is 10.3.